The fourth-order valence-corrected chi connectivity index (χ4v) is 2.56. The summed E-state index contributed by atoms with van der Waals surface area (Å²) in [5, 5.41) is 17.9. The minimum Gasteiger partial charge on any atom is -0.481 e. The van der Waals surface area contributed by atoms with Gasteiger partial charge in [-0.05, 0) is 31.4 Å². The first kappa shape index (κ1) is 12.4. The Hall–Kier alpha value is -2.02. The molecule has 1 saturated heterocycles. The monoisotopic (exact) mass is 244 g/mol. The van der Waals surface area contributed by atoms with Gasteiger partial charge in [-0.2, -0.15) is 5.26 Å². The van der Waals surface area contributed by atoms with Gasteiger partial charge in [0.05, 0.1) is 11.3 Å². The highest BCUT2D eigenvalue weighted by Gasteiger charge is 2.26. The number of carbonyl (C=O) groups is 1. The molecule has 0 bridgehead atoms. The predicted molar refractivity (Wildman–Crippen MR) is 68.4 cm³/mol. The van der Waals surface area contributed by atoms with E-state index in [-0.39, 0.29) is 12.5 Å². The number of para-hydroxylation sites is 1. The fourth-order valence-electron chi connectivity index (χ4n) is 2.56. The molecule has 1 heterocycles. The third kappa shape index (κ3) is 2.62. The van der Waals surface area contributed by atoms with Crippen molar-refractivity contribution >= 4 is 11.7 Å². The molecule has 2 rings (SSSR count). The molecule has 0 saturated carbocycles. The standard InChI is InChI=1S/C14H16N2O2/c15-10-11-4-1-2-6-13(11)16-9-3-5-12(16)7-8-14(17)18/h1-2,4,6,12H,3,5,7-9H2,(H,17,18). The summed E-state index contributed by atoms with van der Waals surface area (Å²) in [6.07, 6.45) is 2.90. The van der Waals surface area contributed by atoms with Crippen LogP contribution >= 0.6 is 0 Å². The Morgan fingerprint density at radius 2 is 2.28 bits per heavy atom. The highest BCUT2D eigenvalue weighted by Crippen LogP contribution is 2.30. The Balaban J connectivity index is 2.16. The number of carboxylic acid groups (broad SMARTS) is 1. The van der Waals surface area contributed by atoms with Crippen LogP contribution in [-0.2, 0) is 4.79 Å². The molecule has 18 heavy (non-hydrogen) atoms. The summed E-state index contributed by atoms with van der Waals surface area (Å²) in [6.45, 7) is 0.906. The molecule has 1 aromatic rings. The van der Waals surface area contributed by atoms with Crippen molar-refractivity contribution in [2.75, 3.05) is 11.4 Å². The molecule has 94 valence electrons. The number of nitriles is 1. The van der Waals surface area contributed by atoms with Crippen LogP contribution in [0.5, 0.6) is 0 Å². The molecule has 1 fully saturated rings. The van der Waals surface area contributed by atoms with E-state index < -0.39 is 5.97 Å². The van der Waals surface area contributed by atoms with Crippen molar-refractivity contribution in [3.05, 3.63) is 29.8 Å². The molecule has 4 nitrogen and oxygen atoms in total. The highest BCUT2D eigenvalue weighted by atomic mass is 16.4. The van der Waals surface area contributed by atoms with Crippen molar-refractivity contribution in [1.82, 2.24) is 0 Å². The van der Waals surface area contributed by atoms with Gasteiger partial charge in [0.25, 0.3) is 0 Å². The van der Waals surface area contributed by atoms with Gasteiger partial charge in [0.2, 0.25) is 0 Å². The SMILES string of the molecule is N#Cc1ccccc1N1CCCC1CCC(=O)O. The van der Waals surface area contributed by atoms with Gasteiger partial charge in [-0.1, -0.05) is 12.1 Å². The molecule has 4 heteroatoms. The Morgan fingerprint density at radius 3 is 3.00 bits per heavy atom. The van der Waals surface area contributed by atoms with Gasteiger partial charge in [0.15, 0.2) is 0 Å². The average Bonchev–Trinajstić information content (AvgIpc) is 2.84. The summed E-state index contributed by atoms with van der Waals surface area (Å²) in [5.41, 5.74) is 1.60. The zero-order valence-electron chi connectivity index (χ0n) is 10.2. The maximum atomic E-state index is 10.7. The van der Waals surface area contributed by atoms with E-state index in [0.29, 0.717) is 12.0 Å². The van der Waals surface area contributed by atoms with Crippen LogP contribution in [0.1, 0.15) is 31.2 Å². The van der Waals surface area contributed by atoms with Crippen LogP contribution in [0.4, 0.5) is 5.69 Å². The number of benzene rings is 1. The van der Waals surface area contributed by atoms with Crippen LogP contribution in [0.2, 0.25) is 0 Å². The van der Waals surface area contributed by atoms with Crippen molar-refractivity contribution < 1.29 is 9.90 Å². The number of rotatable bonds is 4. The van der Waals surface area contributed by atoms with Gasteiger partial charge in [-0.25, -0.2) is 0 Å². The minimum atomic E-state index is -0.754. The maximum Gasteiger partial charge on any atom is 0.303 e. The zero-order chi connectivity index (χ0) is 13.0. The van der Waals surface area contributed by atoms with Crippen molar-refractivity contribution in [2.24, 2.45) is 0 Å². The smallest absolute Gasteiger partial charge is 0.303 e. The molecule has 1 unspecified atom stereocenters. The third-order valence-corrected chi connectivity index (χ3v) is 3.40. The van der Waals surface area contributed by atoms with Crippen molar-refractivity contribution in [1.29, 1.82) is 5.26 Å². The van der Waals surface area contributed by atoms with Crippen LogP contribution in [0, 0.1) is 11.3 Å². The van der Waals surface area contributed by atoms with Gasteiger partial charge in [0.1, 0.15) is 6.07 Å². The van der Waals surface area contributed by atoms with Crippen molar-refractivity contribution in [2.45, 2.75) is 31.7 Å². The summed E-state index contributed by atoms with van der Waals surface area (Å²) in [4.78, 5) is 12.8. The molecule has 0 aliphatic carbocycles. The number of aliphatic carboxylic acids is 1. The van der Waals surface area contributed by atoms with E-state index in [4.69, 9.17) is 10.4 Å². The Bertz CT molecular complexity index is 479. The first-order valence-corrected chi connectivity index (χ1v) is 6.20. The molecular weight excluding hydrogens is 228 g/mol. The summed E-state index contributed by atoms with van der Waals surface area (Å²) in [6, 6.07) is 9.97. The first-order valence-electron chi connectivity index (χ1n) is 6.20. The number of hydrogen-bond acceptors (Lipinski definition) is 3. The van der Waals surface area contributed by atoms with Gasteiger partial charge >= 0.3 is 5.97 Å². The molecule has 0 aromatic heterocycles. The lowest BCUT2D eigenvalue weighted by molar-refractivity contribution is -0.137. The second-order valence-corrected chi connectivity index (χ2v) is 4.55. The van der Waals surface area contributed by atoms with Gasteiger partial charge in [-0.15, -0.1) is 0 Å². The second kappa shape index (κ2) is 5.54. The quantitative estimate of drug-likeness (QED) is 0.883. The maximum absolute atomic E-state index is 10.7. The van der Waals surface area contributed by atoms with Crippen LogP contribution in [0.15, 0.2) is 24.3 Å². The summed E-state index contributed by atoms with van der Waals surface area (Å²) >= 11 is 0. The largest absolute Gasteiger partial charge is 0.481 e. The van der Waals surface area contributed by atoms with E-state index in [0.717, 1.165) is 25.1 Å². The van der Waals surface area contributed by atoms with E-state index in [1.807, 2.05) is 24.3 Å². The number of nitrogens with zero attached hydrogens (tertiary/aromatic N) is 2. The van der Waals surface area contributed by atoms with E-state index in [9.17, 15) is 4.79 Å². The van der Waals surface area contributed by atoms with Gasteiger partial charge in [-0.3, -0.25) is 4.79 Å². The van der Waals surface area contributed by atoms with Crippen LogP contribution in [0.3, 0.4) is 0 Å². The zero-order valence-corrected chi connectivity index (χ0v) is 10.2. The topological polar surface area (TPSA) is 64.3 Å². The van der Waals surface area contributed by atoms with Gasteiger partial charge in [0, 0.05) is 19.0 Å². The first-order chi connectivity index (χ1) is 8.72. The summed E-state index contributed by atoms with van der Waals surface area (Å²) in [5.74, 6) is -0.754. The van der Waals surface area contributed by atoms with E-state index in [1.165, 1.54) is 0 Å². The molecule has 0 radical (unpaired) electrons. The molecule has 0 spiro atoms. The summed E-state index contributed by atoms with van der Waals surface area (Å²) in [7, 11) is 0. The number of carboxylic acids is 1. The lowest BCUT2D eigenvalue weighted by atomic mass is 10.1. The normalized spacial score (nSPS) is 18.6. The van der Waals surface area contributed by atoms with Crippen LogP contribution in [-0.4, -0.2) is 23.7 Å². The van der Waals surface area contributed by atoms with Crippen molar-refractivity contribution in [3.8, 4) is 6.07 Å². The average molecular weight is 244 g/mol. The molecule has 1 aliphatic rings. The predicted octanol–water partition coefficient (Wildman–Crippen LogP) is 2.39. The highest BCUT2D eigenvalue weighted by molar-refractivity contribution is 5.67. The number of anilines is 1. The lowest BCUT2D eigenvalue weighted by Crippen LogP contribution is -2.30. The van der Waals surface area contributed by atoms with E-state index in [1.54, 1.807) is 0 Å². The Morgan fingerprint density at radius 1 is 1.50 bits per heavy atom. The molecule has 1 aromatic carbocycles. The van der Waals surface area contributed by atoms with E-state index in [2.05, 4.69) is 11.0 Å². The second-order valence-electron chi connectivity index (χ2n) is 4.55. The fraction of sp³-hybridized carbons (Fsp3) is 0.429. The molecule has 1 N–H and O–H groups in total. The molecular formula is C14H16N2O2. The number of hydrogen-bond donors (Lipinski definition) is 1. The summed E-state index contributed by atoms with van der Waals surface area (Å²) < 4.78 is 0. The molecule has 1 atom stereocenters. The Labute approximate surface area is 106 Å². The van der Waals surface area contributed by atoms with Crippen molar-refractivity contribution in [3.63, 3.8) is 0 Å². The van der Waals surface area contributed by atoms with E-state index >= 15 is 0 Å². The lowest BCUT2D eigenvalue weighted by Gasteiger charge is -2.27. The Kier molecular flexibility index (Phi) is 3.83. The van der Waals surface area contributed by atoms with Crippen LogP contribution < -0.4 is 4.90 Å². The molecule has 0 amide bonds. The van der Waals surface area contributed by atoms with Crippen LogP contribution in [0.25, 0.3) is 0 Å². The molecule has 1 aliphatic heterocycles. The minimum absolute atomic E-state index is 0.190. The van der Waals surface area contributed by atoms with Gasteiger partial charge < -0.3 is 10.0 Å². The third-order valence-electron chi connectivity index (χ3n) is 3.40.